The topological polar surface area (TPSA) is 27.0 Å². The second kappa shape index (κ2) is 10.0. The van der Waals surface area contributed by atoms with Crippen LogP contribution in [0.15, 0.2) is 10.8 Å². The molecule has 0 radical (unpaired) electrons. The zero-order chi connectivity index (χ0) is 9.56. The number of aromatic nitrogens is 2. The van der Waals surface area contributed by atoms with E-state index in [-0.39, 0.29) is 58.2 Å². The van der Waals surface area contributed by atoms with Gasteiger partial charge in [-0.15, -0.1) is 0 Å². The number of hydrogen-bond acceptors (Lipinski definition) is 1. The van der Waals surface area contributed by atoms with Crippen molar-refractivity contribution >= 4 is 15.9 Å². The molecule has 0 aliphatic heterocycles. The van der Waals surface area contributed by atoms with E-state index in [2.05, 4.69) is 39.7 Å². The molecule has 0 amide bonds. The van der Waals surface area contributed by atoms with E-state index >= 15 is 0 Å². The summed E-state index contributed by atoms with van der Waals surface area (Å²) in [5.41, 5.74) is 0. The second-order valence-electron chi connectivity index (χ2n) is 2.71. The van der Waals surface area contributed by atoms with E-state index in [0.29, 0.717) is 5.92 Å². The van der Waals surface area contributed by atoms with Crippen LogP contribution < -0.4 is 63.2 Å². The molecule has 0 aromatic carbocycles. The molecule has 0 fully saturated rings. The average Bonchev–Trinajstić information content (AvgIpc) is 2.39. The first kappa shape index (κ1) is 16.9. The van der Waals surface area contributed by atoms with Crippen molar-refractivity contribution in [3.05, 3.63) is 16.6 Å². The van der Waals surface area contributed by atoms with E-state index in [4.69, 9.17) is 0 Å². The van der Waals surface area contributed by atoms with Gasteiger partial charge in [0.05, 0.1) is 0 Å². The fourth-order valence-electron chi connectivity index (χ4n) is 0.772. The van der Waals surface area contributed by atoms with Crippen LogP contribution in [-0.4, -0.2) is 4.98 Å². The zero-order valence-electron chi connectivity index (χ0n) is 9.13. The van der Waals surface area contributed by atoms with Crippen molar-refractivity contribution in [1.82, 2.24) is 9.97 Å². The van der Waals surface area contributed by atoms with Crippen LogP contribution in [0.5, 0.6) is 0 Å². The summed E-state index contributed by atoms with van der Waals surface area (Å²) in [6.45, 7) is 8.31. The summed E-state index contributed by atoms with van der Waals surface area (Å²) in [6.07, 6.45) is 2.70. The Morgan fingerprint density at radius 2 is 2.00 bits per heavy atom. The molecular weight excluding hydrogens is 301 g/mol. The Kier molecular flexibility index (Phi) is 13.0. The van der Waals surface area contributed by atoms with Crippen LogP contribution in [0.2, 0.25) is 0 Å². The molecule has 0 aliphatic rings. The second-order valence-corrected chi connectivity index (χ2v) is 3.52. The first-order valence-corrected chi connectivity index (χ1v) is 5.12. The van der Waals surface area contributed by atoms with Gasteiger partial charge < -0.3 is 9.97 Å². The van der Waals surface area contributed by atoms with Crippen LogP contribution in [0.1, 0.15) is 33.5 Å². The van der Waals surface area contributed by atoms with Gasteiger partial charge in [-0.2, -0.15) is 0 Å². The van der Waals surface area contributed by atoms with Gasteiger partial charge in [-0.25, -0.2) is 0 Å². The summed E-state index contributed by atoms with van der Waals surface area (Å²) >= 11 is 3.25. The van der Waals surface area contributed by atoms with Gasteiger partial charge in [0, 0.05) is 0 Å². The van der Waals surface area contributed by atoms with Crippen molar-refractivity contribution in [2.45, 2.75) is 34.1 Å². The van der Waals surface area contributed by atoms with E-state index in [1.54, 1.807) is 6.20 Å². The summed E-state index contributed by atoms with van der Waals surface area (Å²) in [4.78, 5) is 8.25. The van der Waals surface area contributed by atoms with E-state index < -0.39 is 0 Å². The Bertz CT molecular complexity index is 211. The van der Waals surface area contributed by atoms with Crippen LogP contribution in [-0.2, 0) is 6.42 Å². The Hall–Kier alpha value is 1.50. The van der Waals surface area contributed by atoms with E-state index in [1.165, 1.54) is 0 Å². The van der Waals surface area contributed by atoms with Crippen LogP contribution >= 0.6 is 15.9 Å². The van der Waals surface area contributed by atoms with E-state index in [9.17, 15) is 0 Å². The molecule has 2 nitrogen and oxygen atoms in total. The predicted octanol–water partition coefficient (Wildman–Crippen LogP) is 0.0300. The van der Waals surface area contributed by atoms with Gasteiger partial charge in [-0.3, -0.25) is 0 Å². The molecule has 1 aromatic heterocycles. The Morgan fingerprint density at radius 1 is 1.46 bits per heavy atom. The Morgan fingerprint density at radius 3 is 2.31 bits per heavy atom. The predicted molar refractivity (Wildman–Crippen MR) is 55.1 cm³/mol. The molecule has 1 rings (SSSR count). The minimum atomic E-state index is 0. The van der Waals surface area contributed by atoms with Crippen molar-refractivity contribution in [1.29, 1.82) is 0 Å². The molecule has 70 valence electrons. The summed E-state index contributed by atoms with van der Waals surface area (Å²) in [7, 11) is 0. The molecule has 0 bridgehead atoms. The molecule has 1 aromatic rings. The van der Waals surface area contributed by atoms with Crippen molar-refractivity contribution < 1.29 is 58.2 Å². The normalized spacial score (nSPS) is 8.77. The van der Waals surface area contributed by atoms with Crippen LogP contribution in [0.25, 0.3) is 0 Å². The fourth-order valence-corrected chi connectivity index (χ4v) is 1.08. The van der Waals surface area contributed by atoms with Crippen molar-refractivity contribution in [3.63, 3.8) is 0 Å². The van der Waals surface area contributed by atoms with Gasteiger partial charge in [0.15, 0.2) is 0 Å². The molecule has 4 heteroatoms. The molecule has 0 N–H and O–H groups in total. The molecule has 0 atom stereocenters. The maximum Gasteiger partial charge on any atom is 1.00 e. The number of nitrogens with zero attached hydrogens (tertiary/aromatic N) is 2. The third-order valence-electron chi connectivity index (χ3n) is 1.15. The summed E-state index contributed by atoms with van der Waals surface area (Å²) in [5, 5.41) is 0. The van der Waals surface area contributed by atoms with E-state index in [1.807, 2.05) is 13.8 Å². The summed E-state index contributed by atoms with van der Waals surface area (Å²) in [6, 6.07) is 0. The van der Waals surface area contributed by atoms with Crippen LogP contribution in [0, 0.1) is 5.92 Å². The number of rotatable bonds is 2. The largest absolute Gasteiger partial charge is 1.00 e. The standard InChI is InChI=1S/C7H10BrN2.C2H6.Rb/c1-5(2)3-7-9-4-6(8)10-7;1-2;/h4-5H,3H2,1-2H3;1-2H3;/q-1;;+1. The van der Waals surface area contributed by atoms with Crippen LogP contribution in [0.3, 0.4) is 0 Å². The minimum absolute atomic E-state index is 0. The van der Waals surface area contributed by atoms with Crippen molar-refractivity contribution in [2.75, 3.05) is 0 Å². The van der Waals surface area contributed by atoms with Crippen molar-refractivity contribution in [3.8, 4) is 0 Å². The SMILES string of the molecule is CC.CC(C)Cc1ncc(Br)[n-]1.[Rb+]. The third kappa shape index (κ3) is 8.49. The molecular formula is C9H16BrN2Rb. The Labute approximate surface area is 138 Å². The average molecular weight is 318 g/mol. The molecule has 0 unspecified atom stereocenters. The maximum atomic E-state index is 4.16. The zero-order valence-corrected chi connectivity index (χ0v) is 15.6. The molecule has 0 spiro atoms. The van der Waals surface area contributed by atoms with Crippen LogP contribution in [0.4, 0.5) is 0 Å². The Balaban J connectivity index is 0. The first-order chi connectivity index (χ1) is 5.68. The van der Waals surface area contributed by atoms with E-state index in [0.717, 1.165) is 16.8 Å². The van der Waals surface area contributed by atoms with Crippen molar-refractivity contribution in [2.24, 2.45) is 5.92 Å². The van der Waals surface area contributed by atoms with Gasteiger partial charge in [0.2, 0.25) is 0 Å². The van der Waals surface area contributed by atoms with Gasteiger partial charge in [0.25, 0.3) is 0 Å². The fraction of sp³-hybridized carbons (Fsp3) is 0.667. The minimum Gasteiger partial charge on any atom is -0.445 e. The summed E-state index contributed by atoms with van der Waals surface area (Å²) < 4.78 is 0.836. The molecule has 0 aliphatic carbocycles. The number of hydrogen-bond donors (Lipinski definition) is 0. The number of halogens is 1. The molecule has 0 saturated heterocycles. The number of imidazole rings is 1. The molecule has 1 heterocycles. The van der Waals surface area contributed by atoms with Gasteiger partial charge in [-0.05, 0) is 16.9 Å². The molecule has 0 saturated carbocycles. The third-order valence-corrected chi connectivity index (χ3v) is 1.53. The van der Waals surface area contributed by atoms with Gasteiger partial charge in [0.1, 0.15) is 0 Å². The van der Waals surface area contributed by atoms with Gasteiger partial charge >= 0.3 is 58.2 Å². The van der Waals surface area contributed by atoms with Gasteiger partial charge in [-0.1, -0.05) is 55.6 Å². The monoisotopic (exact) mass is 316 g/mol. The summed E-state index contributed by atoms with van der Waals surface area (Å²) in [5.74, 6) is 1.57. The molecule has 13 heavy (non-hydrogen) atoms. The smallest absolute Gasteiger partial charge is 0.445 e. The first-order valence-electron chi connectivity index (χ1n) is 4.32. The maximum absolute atomic E-state index is 4.16. The quantitative estimate of drug-likeness (QED) is 0.769.